The van der Waals surface area contributed by atoms with Crippen LogP contribution in [-0.4, -0.2) is 106 Å². The Labute approximate surface area is 273 Å². The van der Waals surface area contributed by atoms with E-state index >= 15 is 0 Å². The van der Waals surface area contributed by atoms with Crippen LogP contribution in [0.3, 0.4) is 0 Å². The first-order chi connectivity index (χ1) is 21.4. The fourth-order valence-corrected chi connectivity index (χ4v) is 4.58. The number of aliphatic hydroxyl groups is 3. The van der Waals surface area contributed by atoms with E-state index in [9.17, 15) is 20.1 Å². The fourth-order valence-electron chi connectivity index (χ4n) is 4.20. The number of ether oxygens (including phenoxy) is 5. The van der Waals surface area contributed by atoms with Gasteiger partial charge in [0.1, 0.15) is 44.2 Å². The Hall–Kier alpha value is -3.80. The minimum atomic E-state index is -1.80. The van der Waals surface area contributed by atoms with Crippen LogP contribution in [0.25, 0.3) is 0 Å². The van der Waals surface area contributed by atoms with Gasteiger partial charge in [0.25, 0.3) is 17.9 Å². The summed E-state index contributed by atoms with van der Waals surface area (Å²) in [6.45, 7) is 5.17. The van der Waals surface area contributed by atoms with Crippen LogP contribution in [0, 0.1) is 0 Å². The van der Waals surface area contributed by atoms with Gasteiger partial charge in [-0.2, -0.15) is 0 Å². The molecule has 0 bridgehead atoms. The normalized spacial score (nSPS) is 22.6. The lowest BCUT2D eigenvalue weighted by Crippen LogP contribution is -2.64. The molecule has 5 atom stereocenters. The highest BCUT2D eigenvalue weighted by molar-refractivity contribution is 9.10. The number of halogens is 1. The molecule has 0 radical (unpaired) electrons. The van der Waals surface area contributed by atoms with Crippen LogP contribution < -0.4 is 9.47 Å². The Morgan fingerprint density at radius 1 is 0.848 bits per heavy atom. The summed E-state index contributed by atoms with van der Waals surface area (Å²) >= 11 is 3.57. The molecule has 6 N–H and O–H groups in total. The van der Waals surface area contributed by atoms with Crippen molar-refractivity contribution in [3.8, 4) is 11.5 Å². The van der Waals surface area contributed by atoms with E-state index in [1.165, 1.54) is 14.0 Å². The van der Waals surface area contributed by atoms with Crippen molar-refractivity contribution in [1.82, 2.24) is 0 Å². The number of carbonyl (C=O) groups excluding carboxylic acids is 1. The van der Waals surface area contributed by atoms with E-state index < -0.39 is 54.1 Å². The third-order valence-corrected chi connectivity index (χ3v) is 6.75. The van der Waals surface area contributed by atoms with Crippen molar-refractivity contribution >= 4 is 39.8 Å². The van der Waals surface area contributed by atoms with Crippen molar-refractivity contribution in [2.45, 2.75) is 64.3 Å². The van der Waals surface area contributed by atoms with Gasteiger partial charge in [-0.25, -0.2) is 0 Å². The number of hydrogen-bond donors (Lipinski definition) is 6. The van der Waals surface area contributed by atoms with Gasteiger partial charge in [0.05, 0.1) is 0 Å². The zero-order chi connectivity index (χ0) is 35.2. The van der Waals surface area contributed by atoms with Crippen LogP contribution in [0.15, 0.2) is 40.9 Å². The number of carboxylic acid groups (broad SMARTS) is 3. The molecule has 2 aromatic rings. The minimum absolute atomic E-state index is 0.314. The number of carbonyl (C=O) groups is 4. The van der Waals surface area contributed by atoms with Crippen molar-refractivity contribution in [2.24, 2.45) is 0 Å². The number of rotatable bonds is 6. The van der Waals surface area contributed by atoms with Crippen molar-refractivity contribution < 1.29 is 73.5 Å². The molecule has 2 aliphatic rings. The quantitative estimate of drug-likeness (QED) is 0.234. The predicted molar refractivity (Wildman–Crippen MR) is 163 cm³/mol. The second-order valence-corrected chi connectivity index (χ2v) is 10.6. The first kappa shape index (κ1) is 40.2. The van der Waals surface area contributed by atoms with Crippen molar-refractivity contribution in [2.75, 3.05) is 26.9 Å². The molecule has 2 aliphatic heterocycles. The molecule has 4 rings (SSSR count). The molecule has 256 valence electrons. The molecule has 0 aliphatic carbocycles. The average Bonchev–Trinajstić information content (AvgIpc) is 2.96. The molecule has 0 aromatic heterocycles. The molecule has 15 nitrogen and oxygen atoms in total. The molecule has 1 fully saturated rings. The molecule has 2 aromatic carbocycles. The zero-order valence-electron chi connectivity index (χ0n) is 25.8. The monoisotopic (exact) mass is 718 g/mol. The second-order valence-electron chi connectivity index (χ2n) is 9.77. The lowest BCUT2D eigenvalue weighted by atomic mass is 9.87. The van der Waals surface area contributed by atoms with Gasteiger partial charge in [0, 0.05) is 44.8 Å². The summed E-state index contributed by atoms with van der Waals surface area (Å²) in [6.07, 6.45) is -5.29. The number of carboxylic acids is 3. The average molecular weight is 720 g/mol. The van der Waals surface area contributed by atoms with Gasteiger partial charge in [-0.15, -0.1) is 0 Å². The molecule has 0 spiro atoms. The van der Waals surface area contributed by atoms with Gasteiger partial charge < -0.3 is 54.3 Å². The molecule has 16 heteroatoms. The standard InChI is InChI=1S/C24H27BrO9.3C2H4O2/c1-13(26)33-12-20-21(27)22(28)23(29)24(30-2,34-20)16-4-5-17(25)15(11-16)9-14-3-6-18-19(10-14)32-8-7-31-18;3*1-2(3)4/h3-6,10-11,20-23,27-29H,7-9,12H2,1-2H3;3*1H3,(H,3,4)/t20-,21-,22+,23-,24?;;;/m1.../s1. The fraction of sp³-hybridized carbons (Fsp3) is 0.467. The van der Waals surface area contributed by atoms with Crippen molar-refractivity contribution in [3.63, 3.8) is 0 Å². The predicted octanol–water partition coefficient (Wildman–Crippen LogP) is 1.93. The molecular formula is C30H39BrO15. The number of benzene rings is 2. The Kier molecular flexibility index (Phi) is 16.6. The van der Waals surface area contributed by atoms with E-state index in [0.717, 1.165) is 36.4 Å². The van der Waals surface area contributed by atoms with Gasteiger partial charge in [-0.05, 0) is 41.8 Å². The molecule has 1 saturated heterocycles. The first-order valence-corrected chi connectivity index (χ1v) is 14.4. The van der Waals surface area contributed by atoms with Gasteiger partial charge in [0.2, 0.25) is 5.79 Å². The first-order valence-electron chi connectivity index (χ1n) is 13.6. The highest BCUT2D eigenvalue weighted by Gasteiger charge is 2.55. The number of aliphatic hydroxyl groups excluding tert-OH is 3. The van der Waals surface area contributed by atoms with Gasteiger partial charge in [0.15, 0.2) is 11.5 Å². The SMILES string of the molecule is CC(=O)O.CC(=O)O.CC(=O)O.COC1(c2ccc(Br)c(Cc3ccc4c(c3)OCCO4)c2)O[C@H](COC(C)=O)[C@@H](O)[C@H](O)[C@H]1O. The molecule has 1 unspecified atom stereocenters. The third-order valence-electron chi connectivity index (χ3n) is 5.97. The lowest BCUT2D eigenvalue weighted by molar-refractivity contribution is -0.366. The highest BCUT2D eigenvalue weighted by Crippen LogP contribution is 2.41. The number of hydrogen-bond acceptors (Lipinski definition) is 12. The topological polar surface area (TPSA) is 236 Å². The van der Waals surface area contributed by atoms with Crippen LogP contribution >= 0.6 is 15.9 Å². The van der Waals surface area contributed by atoms with E-state index in [2.05, 4.69) is 15.9 Å². The highest BCUT2D eigenvalue weighted by atomic mass is 79.9. The summed E-state index contributed by atoms with van der Waals surface area (Å²) < 4.78 is 28.6. The van der Waals surface area contributed by atoms with E-state index in [1.807, 2.05) is 18.2 Å². The Balaban J connectivity index is 0.000000758. The van der Waals surface area contributed by atoms with E-state index in [-0.39, 0.29) is 6.61 Å². The molecule has 2 heterocycles. The number of methoxy groups -OCH3 is 1. The van der Waals surface area contributed by atoms with Gasteiger partial charge >= 0.3 is 5.97 Å². The molecule has 0 amide bonds. The summed E-state index contributed by atoms with van der Waals surface area (Å²) in [5, 5.41) is 54.0. The maximum Gasteiger partial charge on any atom is 0.302 e. The molecule has 46 heavy (non-hydrogen) atoms. The number of aliphatic carboxylic acids is 3. The van der Waals surface area contributed by atoms with Crippen LogP contribution in [0.1, 0.15) is 44.4 Å². The number of fused-ring (bicyclic) bond motifs is 1. The van der Waals surface area contributed by atoms with E-state index in [1.54, 1.807) is 18.2 Å². The lowest BCUT2D eigenvalue weighted by Gasteiger charge is -2.47. The van der Waals surface area contributed by atoms with Crippen LogP contribution in [0.5, 0.6) is 11.5 Å². The second kappa shape index (κ2) is 19.0. The number of esters is 1. The van der Waals surface area contributed by atoms with Crippen molar-refractivity contribution in [3.05, 3.63) is 57.6 Å². The summed E-state index contributed by atoms with van der Waals surface area (Å²) in [7, 11) is 1.33. The summed E-state index contributed by atoms with van der Waals surface area (Å²) in [4.78, 5) is 38.3. The van der Waals surface area contributed by atoms with Crippen LogP contribution in [-0.2, 0) is 45.6 Å². The largest absolute Gasteiger partial charge is 0.486 e. The maximum absolute atomic E-state index is 11.3. The van der Waals surface area contributed by atoms with Gasteiger partial charge in [-0.1, -0.05) is 28.1 Å². The Morgan fingerprint density at radius 2 is 1.39 bits per heavy atom. The summed E-state index contributed by atoms with van der Waals surface area (Å²) in [5.74, 6) is -3.48. The smallest absolute Gasteiger partial charge is 0.302 e. The Bertz CT molecular complexity index is 1290. The summed E-state index contributed by atoms with van der Waals surface area (Å²) in [6, 6.07) is 11.0. The molecule has 0 saturated carbocycles. The third kappa shape index (κ3) is 12.5. The summed E-state index contributed by atoms with van der Waals surface area (Å²) in [5.41, 5.74) is 2.26. The minimum Gasteiger partial charge on any atom is -0.486 e. The maximum atomic E-state index is 11.3. The van der Waals surface area contributed by atoms with Crippen LogP contribution in [0.4, 0.5) is 0 Å². The Morgan fingerprint density at radius 3 is 1.91 bits per heavy atom. The van der Waals surface area contributed by atoms with E-state index in [4.69, 9.17) is 53.4 Å². The van der Waals surface area contributed by atoms with E-state index in [0.29, 0.717) is 36.7 Å². The van der Waals surface area contributed by atoms with Gasteiger partial charge in [-0.3, -0.25) is 19.2 Å². The molecular weight excluding hydrogens is 680 g/mol. The zero-order valence-corrected chi connectivity index (χ0v) is 27.4. The van der Waals surface area contributed by atoms with Crippen molar-refractivity contribution in [1.29, 1.82) is 0 Å². The van der Waals surface area contributed by atoms with Crippen LogP contribution in [0.2, 0.25) is 0 Å².